The van der Waals surface area contributed by atoms with Crippen LogP contribution in [-0.4, -0.2) is 5.78 Å². The van der Waals surface area contributed by atoms with Gasteiger partial charge in [-0.05, 0) is 32.6 Å². The summed E-state index contributed by atoms with van der Waals surface area (Å²) in [6.45, 7) is 4.23. The number of Topliss-reactive ketones (excluding diaryl/α,β-unsaturated/α-hetero) is 1. The summed E-state index contributed by atoms with van der Waals surface area (Å²) >= 11 is 0. The fourth-order valence-electron chi connectivity index (χ4n) is 1.80. The molecule has 0 unspecified atom stereocenters. The summed E-state index contributed by atoms with van der Waals surface area (Å²) in [5.41, 5.74) is 2.90. The van der Waals surface area contributed by atoms with Crippen molar-refractivity contribution in [3.05, 3.63) is 11.1 Å². The second-order valence-corrected chi connectivity index (χ2v) is 3.70. The van der Waals surface area contributed by atoms with E-state index in [1.54, 1.807) is 0 Å². The molecule has 0 spiro atoms. The van der Waals surface area contributed by atoms with Crippen LogP contribution in [0, 0.1) is 0 Å². The molecule has 0 radical (unpaired) electrons. The van der Waals surface area contributed by atoms with Crippen LogP contribution in [0.5, 0.6) is 0 Å². The van der Waals surface area contributed by atoms with Gasteiger partial charge in [-0.15, -0.1) is 0 Å². The molecule has 1 aliphatic carbocycles. The van der Waals surface area contributed by atoms with Crippen molar-refractivity contribution in [2.45, 2.75) is 52.4 Å². The fraction of sp³-hybridized carbons (Fsp3) is 0.727. The molecule has 0 N–H and O–H groups in total. The third-order valence-electron chi connectivity index (χ3n) is 2.57. The van der Waals surface area contributed by atoms with Gasteiger partial charge in [-0.25, -0.2) is 0 Å². The van der Waals surface area contributed by atoms with Crippen molar-refractivity contribution in [1.29, 1.82) is 0 Å². The minimum atomic E-state index is 0.425. The Morgan fingerprint density at radius 2 is 2.17 bits per heavy atom. The molecule has 0 aromatic rings. The Morgan fingerprint density at radius 1 is 1.42 bits per heavy atom. The lowest BCUT2D eigenvalue weighted by atomic mass is 10.0. The Hall–Kier alpha value is -0.590. The first kappa shape index (κ1) is 9.50. The molecule has 1 heteroatoms. The normalized spacial score (nSPS) is 17.2. The van der Waals surface area contributed by atoms with Crippen molar-refractivity contribution in [3.8, 4) is 0 Å². The Labute approximate surface area is 74.9 Å². The van der Waals surface area contributed by atoms with E-state index in [4.69, 9.17) is 0 Å². The van der Waals surface area contributed by atoms with Gasteiger partial charge in [-0.3, -0.25) is 4.79 Å². The fourth-order valence-corrected chi connectivity index (χ4v) is 1.80. The van der Waals surface area contributed by atoms with Crippen molar-refractivity contribution >= 4 is 5.78 Å². The summed E-state index contributed by atoms with van der Waals surface area (Å²) in [6, 6.07) is 0. The minimum absolute atomic E-state index is 0.425. The van der Waals surface area contributed by atoms with Gasteiger partial charge in [0.05, 0.1) is 0 Å². The predicted octanol–water partition coefficient (Wildman–Crippen LogP) is 3.25. The van der Waals surface area contributed by atoms with E-state index in [1.165, 1.54) is 30.4 Å². The smallest absolute Gasteiger partial charge is 0.136 e. The van der Waals surface area contributed by atoms with Crippen molar-refractivity contribution in [1.82, 2.24) is 0 Å². The van der Waals surface area contributed by atoms with Gasteiger partial charge in [0.25, 0.3) is 0 Å². The lowest BCUT2D eigenvalue weighted by molar-refractivity contribution is -0.118. The monoisotopic (exact) mass is 166 g/mol. The molecule has 1 aliphatic rings. The number of hydrogen-bond acceptors (Lipinski definition) is 1. The maximum atomic E-state index is 11.3. The molecule has 0 atom stereocenters. The Kier molecular flexibility index (Phi) is 3.51. The summed E-state index contributed by atoms with van der Waals surface area (Å²) in [6.07, 6.45) is 6.14. The molecule has 0 fully saturated rings. The zero-order valence-electron chi connectivity index (χ0n) is 8.15. The summed E-state index contributed by atoms with van der Waals surface area (Å²) in [5.74, 6) is 0.425. The van der Waals surface area contributed by atoms with Gasteiger partial charge >= 0.3 is 0 Å². The van der Waals surface area contributed by atoms with Crippen LogP contribution in [0.1, 0.15) is 52.4 Å². The van der Waals surface area contributed by atoms with E-state index in [9.17, 15) is 4.79 Å². The van der Waals surface area contributed by atoms with Crippen LogP contribution in [0.2, 0.25) is 0 Å². The van der Waals surface area contributed by atoms with Crippen molar-refractivity contribution in [2.75, 3.05) is 0 Å². The summed E-state index contributed by atoms with van der Waals surface area (Å²) < 4.78 is 0. The highest BCUT2D eigenvalue weighted by Crippen LogP contribution is 2.28. The average molecular weight is 166 g/mol. The highest BCUT2D eigenvalue weighted by Gasteiger charge is 2.13. The van der Waals surface area contributed by atoms with Gasteiger partial charge in [0.15, 0.2) is 0 Å². The molecule has 0 saturated carbocycles. The highest BCUT2D eigenvalue weighted by molar-refractivity contribution is 5.81. The van der Waals surface area contributed by atoms with E-state index in [1.807, 2.05) is 0 Å². The number of rotatable bonds is 4. The van der Waals surface area contributed by atoms with Crippen LogP contribution in [0.25, 0.3) is 0 Å². The second-order valence-electron chi connectivity index (χ2n) is 3.70. The van der Waals surface area contributed by atoms with Crippen LogP contribution in [-0.2, 0) is 4.79 Å². The van der Waals surface area contributed by atoms with E-state index in [0.717, 1.165) is 19.3 Å². The van der Waals surface area contributed by atoms with Crippen LogP contribution in [0.15, 0.2) is 11.1 Å². The van der Waals surface area contributed by atoms with Gasteiger partial charge in [-0.2, -0.15) is 0 Å². The molecule has 0 amide bonds. The molecular formula is C11H18O. The molecule has 1 rings (SSSR count). The van der Waals surface area contributed by atoms with Crippen molar-refractivity contribution in [2.24, 2.45) is 0 Å². The maximum absolute atomic E-state index is 11.3. The van der Waals surface area contributed by atoms with E-state index < -0.39 is 0 Å². The molecule has 0 saturated heterocycles. The van der Waals surface area contributed by atoms with Gasteiger partial charge in [0.2, 0.25) is 0 Å². The van der Waals surface area contributed by atoms with Crippen LogP contribution < -0.4 is 0 Å². The molecule has 0 aromatic carbocycles. The number of ketones is 1. The van der Waals surface area contributed by atoms with E-state index in [-0.39, 0.29) is 0 Å². The van der Waals surface area contributed by atoms with E-state index in [0.29, 0.717) is 5.78 Å². The molecular weight excluding hydrogens is 148 g/mol. The zero-order chi connectivity index (χ0) is 8.97. The molecule has 0 bridgehead atoms. The first-order valence-corrected chi connectivity index (χ1v) is 4.93. The summed E-state index contributed by atoms with van der Waals surface area (Å²) in [4.78, 5) is 11.3. The third-order valence-corrected chi connectivity index (χ3v) is 2.57. The minimum Gasteiger partial charge on any atom is -0.299 e. The number of carbonyl (C=O) groups excluding carboxylic acids is 1. The first-order chi connectivity index (χ1) is 5.74. The Morgan fingerprint density at radius 3 is 2.67 bits per heavy atom. The predicted molar refractivity (Wildman–Crippen MR) is 51.1 cm³/mol. The third kappa shape index (κ3) is 2.47. The van der Waals surface area contributed by atoms with Crippen LogP contribution in [0.4, 0.5) is 0 Å². The average Bonchev–Trinajstić information content (AvgIpc) is 2.37. The molecule has 1 nitrogen and oxygen atoms in total. The second kappa shape index (κ2) is 4.44. The lowest BCUT2D eigenvalue weighted by Crippen LogP contribution is -1.98. The Bertz CT molecular complexity index is 201. The van der Waals surface area contributed by atoms with E-state index in [2.05, 4.69) is 13.8 Å². The topological polar surface area (TPSA) is 17.1 Å². The van der Waals surface area contributed by atoms with Gasteiger partial charge < -0.3 is 0 Å². The quantitative estimate of drug-likeness (QED) is 0.586. The summed E-state index contributed by atoms with van der Waals surface area (Å²) in [5, 5.41) is 0. The van der Waals surface area contributed by atoms with Gasteiger partial charge in [-0.1, -0.05) is 18.1 Å². The first-order valence-electron chi connectivity index (χ1n) is 4.93. The lowest BCUT2D eigenvalue weighted by Gasteiger charge is -2.01. The molecule has 68 valence electrons. The number of allylic oxidation sites excluding steroid dienone is 2. The Balaban J connectivity index is 2.40. The molecule has 0 heterocycles. The standard InChI is InChI=1S/C11H18O/c1-3-5-11(12)8-10-7-4-6-9(10)2/h3-8H2,1-2H3. The number of hydrogen-bond donors (Lipinski definition) is 0. The number of carbonyl (C=O) groups is 1. The van der Waals surface area contributed by atoms with Gasteiger partial charge in [0.1, 0.15) is 5.78 Å². The van der Waals surface area contributed by atoms with Crippen molar-refractivity contribution < 1.29 is 4.79 Å². The molecule has 0 aromatic heterocycles. The molecule has 12 heavy (non-hydrogen) atoms. The van der Waals surface area contributed by atoms with Crippen LogP contribution >= 0.6 is 0 Å². The SMILES string of the molecule is CCCC(=O)CC1=C(C)CCC1. The molecule has 0 aliphatic heterocycles. The van der Waals surface area contributed by atoms with Gasteiger partial charge in [0, 0.05) is 12.8 Å². The highest BCUT2D eigenvalue weighted by atomic mass is 16.1. The van der Waals surface area contributed by atoms with Crippen molar-refractivity contribution in [3.63, 3.8) is 0 Å². The van der Waals surface area contributed by atoms with Crippen LogP contribution in [0.3, 0.4) is 0 Å². The zero-order valence-corrected chi connectivity index (χ0v) is 8.15. The maximum Gasteiger partial charge on any atom is 0.136 e. The van der Waals surface area contributed by atoms with E-state index >= 15 is 0 Å². The largest absolute Gasteiger partial charge is 0.299 e. The summed E-state index contributed by atoms with van der Waals surface area (Å²) in [7, 11) is 0.